The summed E-state index contributed by atoms with van der Waals surface area (Å²) in [6.07, 6.45) is 4.56. The van der Waals surface area contributed by atoms with Gasteiger partial charge >= 0.3 is 0 Å². The molecule has 2 aromatic rings. The van der Waals surface area contributed by atoms with E-state index in [-0.39, 0.29) is 6.04 Å². The number of hydrogen-bond donors (Lipinski definition) is 2. The molecule has 1 heterocycles. The molecule has 1 aromatic carbocycles. The molecule has 0 fully saturated rings. The number of rotatable bonds is 6. The summed E-state index contributed by atoms with van der Waals surface area (Å²) in [5.74, 6) is 6.54. The fourth-order valence-electron chi connectivity index (χ4n) is 1.68. The standard InChI is InChI=1S/C14H17N3S/c15-17-13(9-12-5-4-8-16-10-12)11-18-14-6-2-1-3-7-14/h1-8,10,13,17H,9,11,15H2. The van der Waals surface area contributed by atoms with Crippen molar-refractivity contribution in [3.63, 3.8) is 0 Å². The molecule has 2 rings (SSSR count). The van der Waals surface area contributed by atoms with Gasteiger partial charge in [-0.25, -0.2) is 0 Å². The lowest BCUT2D eigenvalue weighted by Gasteiger charge is -2.15. The summed E-state index contributed by atoms with van der Waals surface area (Å²) in [5.41, 5.74) is 4.08. The zero-order valence-corrected chi connectivity index (χ0v) is 10.9. The first-order chi connectivity index (χ1) is 8.88. The lowest BCUT2D eigenvalue weighted by molar-refractivity contribution is 0.575. The van der Waals surface area contributed by atoms with E-state index in [1.807, 2.05) is 42.2 Å². The van der Waals surface area contributed by atoms with Crippen LogP contribution in [0.3, 0.4) is 0 Å². The molecule has 0 aliphatic rings. The molecular weight excluding hydrogens is 242 g/mol. The van der Waals surface area contributed by atoms with E-state index in [1.54, 1.807) is 6.20 Å². The Morgan fingerprint density at radius 2 is 2.00 bits per heavy atom. The van der Waals surface area contributed by atoms with Crippen LogP contribution in [0.2, 0.25) is 0 Å². The maximum Gasteiger partial charge on any atom is 0.0345 e. The number of hydrazine groups is 1. The number of hydrogen-bond acceptors (Lipinski definition) is 4. The van der Waals surface area contributed by atoms with Gasteiger partial charge in [0, 0.05) is 29.1 Å². The Bertz CT molecular complexity index is 447. The molecule has 1 aromatic heterocycles. The first-order valence-corrected chi connectivity index (χ1v) is 6.90. The minimum absolute atomic E-state index is 0.249. The molecule has 0 bridgehead atoms. The number of nitrogens with one attached hydrogen (secondary N) is 1. The Kier molecular flexibility index (Phi) is 5.20. The van der Waals surface area contributed by atoms with Crippen LogP contribution in [0.25, 0.3) is 0 Å². The van der Waals surface area contributed by atoms with E-state index in [0.717, 1.165) is 12.2 Å². The van der Waals surface area contributed by atoms with E-state index in [4.69, 9.17) is 5.84 Å². The number of benzene rings is 1. The zero-order chi connectivity index (χ0) is 12.6. The highest BCUT2D eigenvalue weighted by molar-refractivity contribution is 7.99. The molecule has 1 unspecified atom stereocenters. The number of aromatic nitrogens is 1. The highest BCUT2D eigenvalue weighted by Crippen LogP contribution is 2.18. The summed E-state index contributed by atoms with van der Waals surface area (Å²) in [4.78, 5) is 5.38. The van der Waals surface area contributed by atoms with E-state index in [2.05, 4.69) is 28.6 Å². The Balaban J connectivity index is 1.86. The second-order valence-electron chi connectivity index (χ2n) is 4.05. The Morgan fingerprint density at radius 3 is 2.67 bits per heavy atom. The average Bonchev–Trinajstić information content (AvgIpc) is 2.45. The highest BCUT2D eigenvalue weighted by atomic mass is 32.2. The van der Waals surface area contributed by atoms with E-state index in [0.29, 0.717) is 0 Å². The van der Waals surface area contributed by atoms with Crippen LogP contribution in [0, 0.1) is 0 Å². The summed E-state index contributed by atoms with van der Waals surface area (Å²) >= 11 is 1.81. The second-order valence-corrected chi connectivity index (χ2v) is 5.15. The fourth-order valence-corrected chi connectivity index (χ4v) is 2.64. The van der Waals surface area contributed by atoms with Crippen molar-refractivity contribution in [3.05, 3.63) is 60.4 Å². The SMILES string of the molecule is NNC(CSc1ccccc1)Cc1cccnc1. The number of nitrogens with two attached hydrogens (primary N) is 1. The predicted molar refractivity (Wildman–Crippen MR) is 76.2 cm³/mol. The molecule has 18 heavy (non-hydrogen) atoms. The molecule has 3 N–H and O–H groups in total. The Hall–Kier alpha value is -1.36. The maximum absolute atomic E-state index is 5.60. The molecule has 3 nitrogen and oxygen atoms in total. The first kappa shape index (κ1) is 13.1. The quantitative estimate of drug-likeness (QED) is 0.474. The maximum atomic E-state index is 5.60. The van der Waals surface area contributed by atoms with Gasteiger partial charge in [-0.1, -0.05) is 24.3 Å². The first-order valence-electron chi connectivity index (χ1n) is 5.91. The highest BCUT2D eigenvalue weighted by Gasteiger charge is 2.08. The second kappa shape index (κ2) is 7.16. The molecule has 94 valence electrons. The van der Waals surface area contributed by atoms with Gasteiger partial charge in [-0.05, 0) is 30.2 Å². The van der Waals surface area contributed by atoms with Gasteiger partial charge in [0.2, 0.25) is 0 Å². The van der Waals surface area contributed by atoms with Gasteiger partial charge in [0.15, 0.2) is 0 Å². The normalized spacial score (nSPS) is 12.3. The zero-order valence-electron chi connectivity index (χ0n) is 10.1. The summed E-state index contributed by atoms with van der Waals surface area (Å²) < 4.78 is 0. The lowest BCUT2D eigenvalue weighted by Crippen LogP contribution is -2.38. The van der Waals surface area contributed by atoms with Crippen molar-refractivity contribution in [2.24, 2.45) is 5.84 Å². The van der Waals surface area contributed by atoms with Gasteiger partial charge in [0.05, 0.1) is 0 Å². The number of nitrogens with zero attached hydrogens (tertiary/aromatic N) is 1. The van der Waals surface area contributed by atoms with E-state index >= 15 is 0 Å². The third-order valence-electron chi connectivity index (χ3n) is 2.63. The van der Waals surface area contributed by atoms with Crippen LogP contribution in [-0.4, -0.2) is 16.8 Å². The van der Waals surface area contributed by atoms with Crippen LogP contribution in [0.5, 0.6) is 0 Å². The van der Waals surface area contributed by atoms with Crippen molar-refractivity contribution in [3.8, 4) is 0 Å². The number of thioether (sulfide) groups is 1. The summed E-state index contributed by atoms with van der Waals surface area (Å²) in [7, 11) is 0. The van der Waals surface area contributed by atoms with Crippen molar-refractivity contribution >= 4 is 11.8 Å². The average molecular weight is 259 g/mol. The monoisotopic (exact) mass is 259 g/mol. The van der Waals surface area contributed by atoms with Crippen molar-refractivity contribution in [1.29, 1.82) is 0 Å². The van der Waals surface area contributed by atoms with Crippen LogP contribution in [0.1, 0.15) is 5.56 Å². The fraction of sp³-hybridized carbons (Fsp3) is 0.214. The van der Waals surface area contributed by atoms with E-state index in [1.165, 1.54) is 10.5 Å². The molecule has 0 saturated heterocycles. The molecular formula is C14H17N3S. The van der Waals surface area contributed by atoms with Crippen LogP contribution < -0.4 is 11.3 Å². The van der Waals surface area contributed by atoms with Crippen LogP contribution in [0.15, 0.2) is 59.8 Å². The topological polar surface area (TPSA) is 50.9 Å². The van der Waals surface area contributed by atoms with Crippen molar-refractivity contribution in [1.82, 2.24) is 10.4 Å². The van der Waals surface area contributed by atoms with Gasteiger partial charge in [-0.3, -0.25) is 16.3 Å². The summed E-state index contributed by atoms with van der Waals surface area (Å²) in [6.45, 7) is 0. The van der Waals surface area contributed by atoms with Gasteiger partial charge < -0.3 is 0 Å². The number of pyridine rings is 1. The molecule has 0 amide bonds. The van der Waals surface area contributed by atoms with Gasteiger partial charge in [0.25, 0.3) is 0 Å². The van der Waals surface area contributed by atoms with Crippen molar-refractivity contribution in [2.75, 3.05) is 5.75 Å². The van der Waals surface area contributed by atoms with Gasteiger partial charge in [-0.15, -0.1) is 11.8 Å². The summed E-state index contributed by atoms with van der Waals surface area (Å²) in [6, 6.07) is 14.6. The lowest BCUT2D eigenvalue weighted by atomic mass is 10.1. The molecule has 4 heteroatoms. The minimum atomic E-state index is 0.249. The molecule has 0 aliphatic heterocycles. The summed E-state index contributed by atoms with van der Waals surface area (Å²) in [5, 5.41) is 0. The molecule has 1 atom stereocenters. The van der Waals surface area contributed by atoms with E-state index in [9.17, 15) is 0 Å². The van der Waals surface area contributed by atoms with Crippen molar-refractivity contribution in [2.45, 2.75) is 17.4 Å². The smallest absolute Gasteiger partial charge is 0.0345 e. The van der Waals surface area contributed by atoms with Crippen LogP contribution >= 0.6 is 11.8 Å². The van der Waals surface area contributed by atoms with Gasteiger partial charge in [-0.2, -0.15) is 0 Å². The Morgan fingerprint density at radius 1 is 1.17 bits per heavy atom. The van der Waals surface area contributed by atoms with E-state index < -0.39 is 0 Å². The van der Waals surface area contributed by atoms with Crippen molar-refractivity contribution < 1.29 is 0 Å². The molecule has 0 radical (unpaired) electrons. The van der Waals surface area contributed by atoms with Crippen LogP contribution in [-0.2, 0) is 6.42 Å². The molecule has 0 spiro atoms. The van der Waals surface area contributed by atoms with Crippen LogP contribution in [0.4, 0.5) is 0 Å². The molecule has 0 aliphatic carbocycles. The largest absolute Gasteiger partial charge is 0.271 e. The Labute approximate surface area is 112 Å². The van der Waals surface area contributed by atoms with Gasteiger partial charge in [0.1, 0.15) is 0 Å². The minimum Gasteiger partial charge on any atom is -0.271 e. The predicted octanol–water partition coefficient (Wildman–Crippen LogP) is 2.25. The third kappa shape index (κ3) is 4.14. The third-order valence-corrected chi connectivity index (χ3v) is 3.81. The molecule has 0 saturated carbocycles.